The van der Waals surface area contributed by atoms with Crippen LogP contribution in [0.1, 0.15) is 5.69 Å². The molecule has 0 amide bonds. The Morgan fingerprint density at radius 3 is 2.89 bits per heavy atom. The van der Waals surface area contributed by atoms with Gasteiger partial charge in [-0.2, -0.15) is 4.37 Å². The minimum atomic E-state index is 0.537. The highest BCUT2D eigenvalue weighted by molar-refractivity contribution is 7.15. The van der Waals surface area contributed by atoms with Gasteiger partial charge < -0.3 is 15.9 Å². The summed E-state index contributed by atoms with van der Waals surface area (Å²) in [4.78, 5) is 4.49. The van der Waals surface area contributed by atoms with Crippen molar-refractivity contribution < 1.29 is 4.74 Å². The molecule has 2 aromatic rings. The third kappa shape index (κ3) is 2.71. The lowest BCUT2D eigenvalue weighted by atomic mass is 10.3. The lowest BCUT2D eigenvalue weighted by molar-refractivity contribution is 0.0499. The largest absolute Gasteiger partial charge is 0.382 e. The first kappa shape index (κ1) is 12.8. The number of nitrogens with one attached hydrogen (secondary N) is 1. The van der Waals surface area contributed by atoms with Gasteiger partial charge in [0.05, 0.1) is 18.8 Å². The van der Waals surface area contributed by atoms with Crippen molar-refractivity contribution in [3.05, 3.63) is 11.1 Å². The molecule has 0 bridgehead atoms. The Labute approximate surface area is 119 Å². The van der Waals surface area contributed by atoms with Gasteiger partial charge >= 0.3 is 0 Å². The SMILES string of the molecule is Cc1csc(-c2c(N)nsc2NN2CCOCC2)n1. The van der Waals surface area contributed by atoms with Crippen LogP contribution in [0, 0.1) is 6.92 Å². The highest BCUT2D eigenvalue weighted by Crippen LogP contribution is 2.38. The Morgan fingerprint density at radius 2 is 2.21 bits per heavy atom. The summed E-state index contributed by atoms with van der Waals surface area (Å²) in [5.41, 5.74) is 11.3. The van der Waals surface area contributed by atoms with Crippen LogP contribution in [0.15, 0.2) is 5.38 Å². The maximum atomic E-state index is 5.97. The Kier molecular flexibility index (Phi) is 3.65. The first-order valence-corrected chi connectivity index (χ1v) is 7.66. The molecule has 0 aromatic carbocycles. The van der Waals surface area contributed by atoms with Crippen LogP contribution in [0.3, 0.4) is 0 Å². The maximum absolute atomic E-state index is 5.97. The van der Waals surface area contributed by atoms with E-state index in [1.807, 2.05) is 12.3 Å². The standard InChI is InChI=1S/C11H15N5OS2/c1-7-6-18-10(13-7)8-9(12)15-19-11(8)14-16-2-4-17-5-3-16/h6,14H,2-5H2,1H3,(H2,12,15). The molecule has 0 atom stereocenters. The minimum absolute atomic E-state index is 0.537. The number of morpholine rings is 1. The van der Waals surface area contributed by atoms with E-state index in [1.54, 1.807) is 11.3 Å². The zero-order chi connectivity index (χ0) is 13.2. The number of rotatable bonds is 3. The highest BCUT2D eigenvalue weighted by atomic mass is 32.1. The quantitative estimate of drug-likeness (QED) is 0.900. The smallest absolute Gasteiger partial charge is 0.149 e. The topological polar surface area (TPSA) is 76.3 Å². The molecule has 1 aliphatic heterocycles. The fourth-order valence-corrected chi connectivity index (χ4v) is 3.54. The van der Waals surface area contributed by atoms with Crippen LogP contribution in [-0.2, 0) is 4.74 Å². The van der Waals surface area contributed by atoms with Gasteiger partial charge in [0.25, 0.3) is 0 Å². The molecule has 1 fully saturated rings. The van der Waals surface area contributed by atoms with E-state index < -0.39 is 0 Å². The van der Waals surface area contributed by atoms with Crippen LogP contribution in [0.5, 0.6) is 0 Å². The third-order valence-corrected chi connectivity index (χ3v) is 4.57. The Bertz CT molecular complexity index is 561. The maximum Gasteiger partial charge on any atom is 0.149 e. The third-order valence-electron chi connectivity index (χ3n) is 2.82. The van der Waals surface area contributed by atoms with Crippen molar-refractivity contribution in [1.29, 1.82) is 0 Å². The van der Waals surface area contributed by atoms with Crippen molar-refractivity contribution in [2.75, 3.05) is 37.5 Å². The molecule has 0 saturated carbocycles. The van der Waals surface area contributed by atoms with Crippen LogP contribution >= 0.6 is 22.9 Å². The van der Waals surface area contributed by atoms with Gasteiger partial charge in [0, 0.05) is 24.2 Å². The van der Waals surface area contributed by atoms with Crippen molar-refractivity contribution in [2.24, 2.45) is 0 Å². The first-order valence-electron chi connectivity index (χ1n) is 6.01. The van der Waals surface area contributed by atoms with Gasteiger partial charge in [0.2, 0.25) is 0 Å². The van der Waals surface area contributed by atoms with Crippen LogP contribution in [-0.4, -0.2) is 40.7 Å². The summed E-state index contributed by atoms with van der Waals surface area (Å²) in [5.74, 6) is 0.537. The molecule has 19 heavy (non-hydrogen) atoms. The molecule has 0 spiro atoms. The van der Waals surface area contributed by atoms with Gasteiger partial charge in [0.1, 0.15) is 15.8 Å². The lowest BCUT2D eigenvalue weighted by Gasteiger charge is -2.27. The Balaban J connectivity index is 1.85. The molecule has 3 rings (SSSR count). The summed E-state index contributed by atoms with van der Waals surface area (Å²) in [6, 6.07) is 0. The second kappa shape index (κ2) is 5.41. The lowest BCUT2D eigenvalue weighted by Crippen LogP contribution is -2.40. The van der Waals surface area contributed by atoms with Gasteiger partial charge in [-0.05, 0) is 18.5 Å². The molecule has 0 radical (unpaired) electrons. The Hall–Kier alpha value is -1.22. The predicted octanol–water partition coefficient (Wildman–Crippen LogP) is 1.82. The van der Waals surface area contributed by atoms with E-state index in [0.29, 0.717) is 5.82 Å². The second-order valence-corrected chi connectivity index (χ2v) is 5.91. The number of aromatic nitrogens is 2. The molecule has 1 aliphatic rings. The number of thiazole rings is 1. The summed E-state index contributed by atoms with van der Waals surface area (Å²) < 4.78 is 9.57. The number of hydrogen-bond donors (Lipinski definition) is 2. The highest BCUT2D eigenvalue weighted by Gasteiger charge is 2.19. The fraction of sp³-hybridized carbons (Fsp3) is 0.455. The fourth-order valence-electron chi connectivity index (χ4n) is 1.87. The number of nitrogens with zero attached hydrogens (tertiary/aromatic N) is 3. The van der Waals surface area contributed by atoms with Crippen LogP contribution < -0.4 is 11.2 Å². The van der Waals surface area contributed by atoms with Crippen LogP contribution in [0.2, 0.25) is 0 Å². The van der Waals surface area contributed by atoms with Gasteiger partial charge in [-0.25, -0.2) is 9.99 Å². The molecule has 6 nitrogen and oxygen atoms in total. The monoisotopic (exact) mass is 297 g/mol. The molecule has 3 heterocycles. The van der Waals surface area contributed by atoms with E-state index in [4.69, 9.17) is 10.5 Å². The molecule has 8 heteroatoms. The van der Waals surface area contributed by atoms with Gasteiger partial charge in [-0.1, -0.05) is 0 Å². The number of ether oxygens (including phenoxy) is 1. The van der Waals surface area contributed by atoms with E-state index in [0.717, 1.165) is 47.6 Å². The minimum Gasteiger partial charge on any atom is -0.382 e. The molecule has 0 unspecified atom stereocenters. The summed E-state index contributed by atoms with van der Waals surface area (Å²) in [7, 11) is 0. The van der Waals surface area contributed by atoms with E-state index in [1.165, 1.54) is 11.5 Å². The van der Waals surface area contributed by atoms with Crippen LogP contribution in [0.4, 0.5) is 10.8 Å². The number of anilines is 2. The normalized spacial score (nSPS) is 16.7. The number of nitrogens with two attached hydrogens (primary N) is 1. The van der Waals surface area contributed by atoms with Gasteiger partial charge in [-0.3, -0.25) is 0 Å². The van der Waals surface area contributed by atoms with E-state index >= 15 is 0 Å². The van der Waals surface area contributed by atoms with Gasteiger partial charge in [0.15, 0.2) is 0 Å². The molecule has 2 aromatic heterocycles. The molecular formula is C11H15N5OS2. The second-order valence-electron chi connectivity index (χ2n) is 4.28. The summed E-state index contributed by atoms with van der Waals surface area (Å²) in [6.45, 7) is 5.17. The molecule has 102 valence electrons. The summed E-state index contributed by atoms with van der Waals surface area (Å²) in [6.07, 6.45) is 0. The van der Waals surface area contributed by atoms with Crippen molar-refractivity contribution in [3.63, 3.8) is 0 Å². The Morgan fingerprint density at radius 1 is 1.42 bits per heavy atom. The van der Waals surface area contributed by atoms with E-state index in [9.17, 15) is 0 Å². The average Bonchev–Trinajstić information content (AvgIpc) is 2.97. The number of aryl methyl sites for hydroxylation is 1. The van der Waals surface area contributed by atoms with E-state index in [2.05, 4.69) is 19.8 Å². The molecule has 0 aliphatic carbocycles. The molecule has 1 saturated heterocycles. The average molecular weight is 297 g/mol. The zero-order valence-corrected chi connectivity index (χ0v) is 12.2. The first-order chi connectivity index (χ1) is 9.24. The molecular weight excluding hydrogens is 282 g/mol. The summed E-state index contributed by atoms with van der Waals surface area (Å²) >= 11 is 2.96. The number of hydrazine groups is 1. The van der Waals surface area contributed by atoms with Crippen molar-refractivity contribution in [1.82, 2.24) is 14.4 Å². The van der Waals surface area contributed by atoms with Gasteiger partial charge in [-0.15, -0.1) is 11.3 Å². The summed E-state index contributed by atoms with van der Waals surface area (Å²) in [5, 5.41) is 6.01. The van der Waals surface area contributed by atoms with Crippen molar-refractivity contribution in [3.8, 4) is 10.6 Å². The number of hydrogen-bond acceptors (Lipinski definition) is 8. The van der Waals surface area contributed by atoms with Crippen molar-refractivity contribution >= 4 is 33.7 Å². The zero-order valence-electron chi connectivity index (χ0n) is 10.5. The van der Waals surface area contributed by atoms with Crippen LogP contribution in [0.25, 0.3) is 10.6 Å². The predicted molar refractivity (Wildman–Crippen MR) is 78.4 cm³/mol. The number of nitrogen functional groups attached to an aromatic ring is 1. The molecule has 3 N–H and O–H groups in total. The van der Waals surface area contributed by atoms with Crippen molar-refractivity contribution in [2.45, 2.75) is 6.92 Å². The van der Waals surface area contributed by atoms with E-state index in [-0.39, 0.29) is 0 Å².